The van der Waals surface area contributed by atoms with E-state index >= 15 is 0 Å². The fourth-order valence-electron chi connectivity index (χ4n) is 4.41. The summed E-state index contributed by atoms with van der Waals surface area (Å²) < 4.78 is 1.12. The summed E-state index contributed by atoms with van der Waals surface area (Å²) >= 11 is 1.60. The Morgan fingerprint density at radius 3 is 2.78 bits per heavy atom. The molecule has 6 heteroatoms. The predicted octanol–water partition coefficient (Wildman–Crippen LogP) is 5.54. The van der Waals surface area contributed by atoms with Crippen molar-refractivity contribution in [1.82, 2.24) is 9.88 Å². The number of fused-ring (bicyclic) bond motifs is 2. The molecule has 0 aliphatic carbocycles. The van der Waals surface area contributed by atoms with Gasteiger partial charge in [-0.3, -0.25) is 4.79 Å². The minimum absolute atomic E-state index is 0.0781. The molecule has 1 saturated heterocycles. The van der Waals surface area contributed by atoms with E-state index in [1.807, 2.05) is 47.8 Å². The van der Waals surface area contributed by atoms with E-state index in [4.69, 9.17) is 4.98 Å². The predicted molar refractivity (Wildman–Crippen MR) is 135 cm³/mol. The Labute approximate surface area is 192 Å². The highest BCUT2D eigenvalue weighted by atomic mass is 32.1. The number of thiophene rings is 1. The van der Waals surface area contributed by atoms with E-state index in [2.05, 4.69) is 35.2 Å². The molecule has 1 aliphatic rings. The summed E-state index contributed by atoms with van der Waals surface area (Å²) in [5.41, 5.74) is 3.62. The number of hydrogen-bond donors (Lipinski definition) is 1. The maximum Gasteiger partial charge on any atom is 0.257 e. The SMILES string of the molecule is Cc1cc(N(C)CCN2CCCC2)nc2ccc(NC(=O)c3csc4ccccc34)cc12. The molecule has 1 N–H and O–H groups in total. The number of carbonyl (C=O) groups is 1. The molecule has 5 nitrogen and oxygen atoms in total. The third kappa shape index (κ3) is 4.20. The maximum atomic E-state index is 12.9. The fourth-order valence-corrected chi connectivity index (χ4v) is 5.35. The van der Waals surface area contributed by atoms with E-state index in [0.29, 0.717) is 0 Å². The molecule has 3 heterocycles. The van der Waals surface area contributed by atoms with Crippen molar-refractivity contribution in [2.75, 3.05) is 43.4 Å². The van der Waals surface area contributed by atoms with Gasteiger partial charge in [0.25, 0.3) is 5.91 Å². The Bertz CT molecular complexity index is 1280. The highest BCUT2D eigenvalue weighted by Gasteiger charge is 2.15. The zero-order valence-electron chi connectivity index (χ0n) is 18.6. The van der Waals surface area contributed by atoms with Crippen LogP contribution in [-0.2, 0) is 0 Å². The molecule has 2 aromatic heterocycles. The maximum absolute atomic E-state index is 12.9. The zero-order chi connectivity index (χ0) is 22.1. The van der Waals surface area contributed by atoms with Gasteiger partial charge >= 0.3 is 0 Å². The van der Waals surface area contributed by atoms with Crippen molar-refractivity contribution >= 4 is 49.7 Å². The molecule has 1 fully saturated rings. The lowest BCUT2D eigenvalue weighted by Gasteiger charge is -2.23. The van der Waals surface area contributed by atoms with Crippen LogP contribution >= 0.6 is 11.3 Å². The highest BCUT2D eigenvalue weighted by Crippen LogP contribution is 2.28. The van der Waals surface area contributed by atoms with Crippen LogP contribution in [0.3, 0.4) is 0 Å². The number of rotatable bonds is 6. The van der Waals surface area contributed by atoms with Gasteiger partial charge in [0, 0.05) is 46.7 Å². The van der Waals surface area contributed by atoms with Gasteiger partial charge in [-0.2, -0.15) is 0 Å². The van der Waals surface area contributed by atoms with Crippen molar-refractivity contribution in [3.05, 3.63) is 65.0 Å². The number of nitrogens with zero attached hydrogens (tertiary/aromatic N) is 3. The molecule has 4 aromatic rings. The number of likely N-dealkylation sites (N-methyl/N-ethyl adjacent to an activating group) is 1. The zero-order valence-corrected chi connectivity index (χ0v) is 19.4. The number of likely N-dealkylation sites (tertiary alicyclic amines) is 1. The summed E-state index contributed by atoms with van der Waals surface area (Å²) in [4.78, 5) is 22.6. The standard InChI is InChI=1S/C26H28N4OS/c1-18-15-25(29(2)13-14-30-11-5-6-12-30)28-23-10-9-19(16-21(18)23)27-26(31)22-17-32-24-8-4-3-7-20(22)24/h3-4,7-10,15-17H,5-6,11-14H2,1-2H3,(H,27,31). The van der Waals surface area contributed by atoms with Gasteiger partial charge in [0.2, 0.25) is 0 Å². The topological polar surface area (TPSA) is 48.5 Å². The number of benzene rings is 2. The first kappa shape index (κ1) is 20.9. The molecule has 0 bridgehead atoms. The molecule has 0 unspecified atom stereocenters. The molecule has 32 heavy (non-hydrogen) atoms. The third-order valence-electron chi connectivity index (χ3n) is 6.33. The Morgan fingerprint density at radius 1 is 1.12 bits per heavy atom. The van der Waals surface area contributed by atoms with Gasteiger partial charge in [-0.1, -0.05) is 18.2 Å². The van der Waals surface area contributed by atoms with Crippen LogP contribution in [0.25, 0.3) is 21.0 Å². The Balaban J connectivity index is 1.34. The van der Waals surface area contributed by atoms with Crippen LogP contribution in [0.1, 0.15) is 28.8 Å². The monoisotopic (exact) mass is 444 g/mol. The van der Waals surface area contributed by atoms with Crippen LogP contribution in [0.15, 0.2) is 53.9 Å². The summed E-state index contributed by atoms with van der Waals surface area (Å²) in [7, 11) is 2.11. The van der Waals surface area contributed by atoms with Crippen molar-refractivity contribution < 1.29 is 4.79 Å². The fraction of sp³-hybridized carbons (Fsp3) is 0.308. The molecule has 164 valence electrons. The van der Waals surface area contributed by atoms with Crippen LogP contribution in [-0.4, -0.2) is 49.0 Å². The third-order valence-corrected chi connectivity index (χ3v) is 7.29. The van der Waals surface area contributed by atoms with Crippen LogP contribution in [0.4, 0.5) is 11.5 Å². The first-order valence-electron chi connectivity index (χ1n) is 11.2. The first-order valence-corrected chi connectivity index (χ1v) is 12.1. The lowest BCUT2D eigenvalue weighted by molar-refractivity contribution is 0.102. The average Bonchev–Trinajstić information content (AvgIpc) is 3.47. The number of anilines is 2. The molecule has 0 atom stereocenters. The van der Waals surface area contributed by atoms with Crippen molar-refractivity contribution in [2.24, 2.45) is 0 Å². The van der Waals surface area contributed by atoms with Gasteiger partial charge in [-0.15, -0.1) is 11.3 Å². The Kier molecular flexibility index (Phi) is 5.81. The quantitative estimate of drug-likeness (QED) is 0.424. The summed E-state index contributed by atoms with van der Waals surface area (Å²) in [6.07, 6.45) is 2.64. The van der Waals surface area contributed by atoms with Crippen molar-refractivity contribution in [2.45, 2.75) is 19.8 Å². The first-order chi connectivity index (χ1) is 15.6. The highest BCUT2D eigenvalue weighted by molar-refractivity contribution is 7.17. The second-order valence-electron chi connectivity index (χ2n) is 8.60. The Morgan fingerprint density at radius 2 is 1.94 bits per heavy atom. The smallest absolute Gasteiger partial charge is 0.257 e. The number of hydrogen-bond acceptors (Lipinski definition) is 5. The summed E-state index contributed by atoms with van der Waals surface area (Å²) in [5.74, 6) is 0.918. The number of aromatic nitrogens is 1. The van der Waals surface area contributed by atoms with Crippen molar-refractivity contribution in [3.8, 4) is 0 Å². The Hall–Kier alpha value is -2.96. The molecule has 1 amide bonds. The lowest BCUT2D eigenvalue weighted by atomic mass is 10.1. The van der Waals surface area contributed by atoms with Crippen molar-refractivity contribution in [1.29, 1.82) is 0 Å². The summed E-state index contributed by atoms with van der Waals surface area (Å²) in [6, 6.07) is 16.1. The lowest BCUT2D eigenvalue weighted by Crippen LogP contribution is -2.31. The largest absolute Gasteiger partial charge is 0.358 e. The number of nitrogens with one attached hydrogen (secondary N) is 1. The van der Waals surface area contributed by atoms with Gasteiger partial charge in [0.15, 0.2) is 0 Å². The second kappa shape index (κ2) is 8.88. The molecule has 1 aliphatic heterocycles. The molecule has 5 rings (SSSR count). The molecule has 0 spiro atoms. The number of pyridine rings is 1. The molecule has 2 aromatic carbocycles. The number of aryl methyl sites for hydroxylation is 1. The minimum Gasteiger partial charge on any atom is -0.358 e. The van der Waals surface area contributed by atoms with Gasteiger partial charge < -0.3 is 15.1 Å². The van der Waals surface area contributed by atoms with Gasteiger partial charge in [-0.25, -0.2) is 4.98 Å². The van der Waals surface area contributed by atoms with E-state index in [-0.39, 0.29) is 5.91 Å². The summed E-state index contributed by atoms with van der Waals surface area (Å²) in [5, 5.41) is 7.06. The van der Waals surface area contributed by atoms with E-state index in [1.165, 1.54) is 25.9 Å². The second-order valence-corrected chi connectivity index (χ2v) is 9.51. The van der Waals surface area contributed by atoms with Gasteiger partial charge in [0.1, 0.15) is 5.82 Å². The molecular formula is C26H28N4OS. The van der Waals surface area contributed by atoms with Crippen LogP contribution in [0.5, 0.6) is 0 Å². The van der Waals surface area contributed by atoms with E-state index < -0.39 is 0 Å². The van der Waals surface area contributed by atoms with Crippen LogP contribution in [0, 0.1) is 6.92 Å². The van der Waals surface area contributed by atoms with Crippen LogP contribution < -0.4 is 10.2 Å². The average molecular weight is 445 g/mol. The summed E-state index contributed by atoms with van der Waals surface area (Å²) in [6.45, 7) is 6.60. The van der Waals surface area contributed by atoms with Gasteiger partial charge in [-0.05, 0) is 68.8 Å². The molecule has 0 saturated carbocycles. The normalized spacial score (nSPS) is 14.3. The van der Waals surface area contributed by atoms with E-state index in [1.54, 1.807) is 11.3 Å². The van der Waals surface area contributed by atoms with Crippen molar-refractivity contribution in [3.63, 3.8) is 0 Å². The number of amides is 1. The molecular weight excluding hydrogens is 416 g/mol. The van der Waals surface area contributed by atoms with E-state index in [9.17, 15) is 4.79 Å². The van der Waals surface area contributed by atoms with E-state index in [0.717, 1.165) is 56.7 Å². The minimum atomic E-state index is -0.0781. The van der Waals surface area contributed by atoms with Crippen LogP contribution in [0.2, 0.25) is 0 Å². The number of carbonyl (C=O) groups excluding carboxylic acids is 1. The van der Waals surface area contributed by atoms with Gasteiger partial charge in [0.05, 0.1) is 11.1 Å². The molecule has 0 radical (unpaired) electrons.